The van der Waals surface area contributed by atoms with Crippen molar-refractivity contribution in [3.05, 3.63) is 29.8 Å². The lowest BCUT2D eigenvalue weighted by atomic mass is 10.1. The molecule has 29 heavy (non-hydrogen) atoms. The third kappa shape index (κ3) is 8.88. The monoisotopic (exact) mass is 418 g/mol. The average Bonchev–Trinajstić information content (AvgIpc) is 2.64. The van der Waals surface area contributed by atoms with E-state index in [2.05, 4.69) is 25.3 Å². The molecule has 1 aliphatic rings. The van der Waals surface area contributed by atoms with Crippen LogP contribution >= 0.6 is 0 Å². The van der Waals surface area contributed by atoms with Crippen LogP contribution in [0, 0.1) is 0 Å². The number of nitrogens with one attached hydrogen (secondary N) is 2. The molecule has 0 amide bonds. The predicted octanol–water partition coefficient (Wildman–Crippen LogP) is 1.72. The zero-order valence-corrected chi connectivity index (χ0v) is 16.8. The van der Waals surface area contributed by atoms with Gasteiger partial charge in [-0.15, -0.1) is 13.2 Å². The van der Waals surface area contributed by atoms with Gasteiger partial charge in [-0.25, -0.2) is 4.99 Å². The third-order valence-electron chi connectivity index (χ3n) is 4.25. The van der Waals surface area contributed by atoms with Crippen molar-refractivity contribution < 1.29 is 27.8 Å². The number of rotatable bonds is 8. The molecule has 2 rings (SSSR count). The summed E-state index contributed by atoms with van der Waals surface area (Å²) in [5, 5.41) is 16.8. The minimum absolute atomic E-state index is 0.00675. The molecule has 0 aliphatic carbocycles. The molecule has 1 aromatic carbocycles. The highest BCUT2D eigenvalue weighted by molar-refractivity contribution is 5.79. The minimum atomic E-state index is -4.76. The number of halogens is 3. The highest BCUT2D eigenvalue weighted by Gasteiger charge is 2.32. The van der Waals surface area contributed by atoms with Gasteiger partial charge in [0.2, 0.25) is 0 Å². The lowest BCUT2D eigenvalue weighted by Gasteiger charge is -2.34. The van der Waals surface area contributed by atoms with Gasteiger partial charge in [-0.05, 0) is 19.9 Å². The summed E-state index contributed by atoms with van der Waals surface area (Å²) in [6.45, 7) is 7.70. The van der Waals surface area contributed by atoms with Crippen molar-refractivity contribution >= 4 is 5.96 Å². The quantitative estimate of drug-likeness (QED) is 0.441. The van der Waals surface area contributed by atoms with Gasteiger partial charge in [0.05, 0.1) is 25.4 Å². The molecule has 0 bridgehead atoms. The Morgan fingerprint density at radius 3 is 2.59 bits per heavy atom. The Labute approximate surface area is 168 Å². The number of β-amino-alcohol motifs (C(OH)–C–C–N with tert-alkyl or cyclic N) is 1. The number of guanidine groups is 1. The molecule has 164 valence electrons. The van der Waals surface area contributed by atoms with Crippen molar-refractivity contribution in [1.82, 2.24) is 15.5 Å². The van der Waals surface area contributed by atoms with Crippen LogP contribution in [0.2, 0.25) is 0 Å². The van der Waals surface area contributed by atoms with E-state index in [0.29, 0.717) is 37.8 Å². The zero-order chi connectivity index (χ0) is 21.3. The van der Waals surface area contributed by atoms with Crippen LogP contribution in [0.15, 0.2) is 29.3 Å². The van der Waals surface area contributed by atoms with Gasteiger partial charge >= 0.3 is 6.36 Å². The summed E-state index contributed by atoms with van der Waals surface area (Å²) in [5.41, 5.74) is -0.702. The molecule has 1 heterocycles. The van der Waals surface area contributed by atoms with Gasteiger partial charge in [-0.2, -0.15) is 0 Å². The van der Waals surface area contributed by atoms with Crippen molar-refractivity contribution in [3.8, 4) is 5.75 Å². The molecule has 3 N–H and O–H groups in total. The number of nitrogens with zero attached hydrogens (tertiary/aromatic N) is 2. The second-order valence-electron chi connectivity index (χ2n) is 7.09. The van der Waals surface area contributed by atoms with E-state index < -0.39 is 12.0 Å². The van der Waals surface area contributed by atoms with Gasteiger partial charge in [0.25, 0.3) is 0 Å². The number of hydrogen-bond acceptors (Lipinski definition) is 5. The summed E-state index contributed by atoms with van der Waals surface area (Å²) >= 11 is 0. The van der Waals surface area contributed by atoms with Crippen LogP contribution in [0.4, 0.5) is 13.2 Å². The highest BCUT2D eigenvalue weighted by atomic mass is 19.4. The first-order valence-corrected chi connectivity index (χ1v) is 9.57. The molecule has 1 aromatic rings. The number of benzene rings is 1. The Bertz CT molecular complexity index is 662. The van der Waals surface area contributed by atoms with Crippen LogP contribution < -0.4 is 15.4 Å². The Balaban J connectivity index is 1.97. The summed E-state index contributed by atoms with van der Waals surface area (Å²) in [4.78, 5) is 6.45. The van der Waals surface area contributed by atoms with Gasteiger partial charge < -0.3 is 25.2 Å². The third-order valence-corrected chi connectivity index (χ3v) is 4.25. The molecule has 1 aliphatic heterocycles. The smallest absolute Gasteiger partial charge is 0.405 e. The first-order valence-electron chi connectivity index (χ1n) is 9.57. The Kier molecular flexibility index (Phi) is 8.54. The van der Waals surface area contributed by atoms with Crippen LogP contribution in [0.1, 0.15) is 19.4 Å². The normalized spacial score (nSPS) is 18.2. The second-order valence-corrected chi connectivity index (χ2v) is 7.09. The summed E-state index contributed by atoms with van der Waals surface area (Å²) in [6, 6.07) is 5.89. The van der Waals surface area contributed by atoms with Crippen LogP contribution in [0.3, 0.4) is 0 Å². The van der Waals surface area contributed by atoms with Gasteiger partial charge in [-0.3, -0.25) is 4.90 Å². The van der Waals surface area contributed by atoms with Gasteiger partial charge in [0, 0.05) is 38.3 Å². The molecule has 1 atom stereocenters. The Morgan fingerprint density at radius 2 is 1.93 bits per heavy atom. The molecule has 0 radical (unpaired) electrons. The molecular formula is C19H29F3N4O3. The first kappa shape index (κ1) is 23.2. The summed E-state index contributed by atoms with van der Waals surface area (Å²) in [7, 11) is 0. The maximum absolute atomic E-state index is 12.6. The average molecular weight is 418 g/mol. The minimum Gasteiger partial charge on any atom is -0.405 e. The second kappa shape index (κ2) is 10.7. The van der Waals surface area contributed by atoms with Crippen molar-refractivity contribution in [1.29, 1.82) is 0 Å². The predicted molar refractivity (Wildman–Crippen MR) is 104 cm³/mol. The van der Waals surface area contributed by atoms with Crippen molar-refractivity contribution in [2.75, 3.05) is 45.9 Å². The molecule has 1 unspecified atom stereocenters. The molecular weight excluding hydrogens is 389 g/mol. The van der Waals surface area contributed by atoms with Crippen LogP contribution in [-0.4, -0.2) is 73.9 Å². The largest absolute Gasteiger partial charge is 0.573 e. The zero-order valence-electron chi connectivity index (χ0n) is 16.8. The standard InChI is InChI=1S/C19H29F3N4O3/c1-3-23-17(25-13-18(2,27)14-26-8-10-28-11-9-26)24-12-15-6-4-5-7-16(15)29-19(20,21)22/h4-7,27H,3,8-14H2,1-2H3,(H2,23,24,25). The number of para-hydroxylation sites is 1. The van der Waals surface area contributed by atoms with Gasteiger partial charge in [-0.1, -0.05) is 18.2 Å². The number of hydrogen-bond donors (Lipinski definition) is 3. The van der Waals surface area contributed by atoms with Crippen LogP contribution in [0.5, 0.6) is 5.75 Å². The van der Waals surface area contributed by atoms with E-state index in [1.807, 2.05) is 6.92 Å². The maximum Gasteiger partial charge on any atom is 0.573 e. The number of morpholine rings is 1. The lowest BCUT2D eigenvalue weighted by Crippen LogP contribution is -2.52. The fourth-order valence-corrected chi connectivity index (χ4v) is 2.94. The molecule has 1 fully saturated rings. The van der Waals surface area contributed by atoms with Crippen LogP contribution in [-0.2, 0) is 11.3 Å². The van der Waals surface area contributed by atoms with E-state index >= 15 is 0 Å². The van der Waals surface area contributed by atoms with E-state index in [0.717, 1.165) is 13.1 Å². The van der Waals surface area contributed by atoms with Crippen LogP contribution in [0.25, 0.3) is 0 Å². The fourth-order valence-electron chi connectivity index (χ4n) is 2.94. The Morgan fingerprint density at radius 1 is 1.24 bits per heavy atom. The number of aliphatic imine (C=N–C) groups is 1. The van der Waals surface area contributed by atoms with Gasteiger partial charge in [0.15, 0.2) is 5.96 Å². The van der Waals surface area contributed by atoms with E-state index in [1.165, 1.54) is 18.2 Å². The van der Waals surface area contributed by atoms with E-state index in [-0.39, 0.29) is 18.8 Å². The Hall–Kier alpha value is -2.04. The van der Waals surface area contributed by atoms with Gasteiger partial charge in [0.1, 0.15) is 5.75 Å². The number of alkyl halides is 3. The summed E-state index contributed by atoms with van der Waals surface area (Å²) in [5.74, 6) is 0.121. The van der Waals surface area contributed by atoms with E-state index in [1.54, 1.807) is 13.0 Å². The highest BCUT2D eigenvalue weighted by Crippen LogP contribution is 2.26. The molecule has 0 aromatic heterocycles. The van der Waals surface area contributed by atoms with Crippen molar-refractivity contribution in [2.45, 2.75) is 32.4 Å². The topological polar surface area (TPSA) is 78.4 Å². The van der Waals surface area contributed by atoms with Crippen molar-refractivity contribution in [3.63, 3.8) is 0 Å². The van der Waals surface area contributed by atoms with E-state index in [9.17, 15) is 18.3 Å². The maximum atomic E-state index is 12.6. The van der Waals surface area contributed by atoms with E-state index in [4.69, 9.17) is 4.74 Å². The molecule has 7 nitrogen and oxygen atoms in total. The molecule has 0 spiro atoms. The summed E-state index contributed by atoms with van der Waals surface area (Å²) in [6.07, 6.45) is -4.76. The fraction of sp³-hybridized carbons (Fsp3) is 0.632. The molecule has 0 saturated carbocycles. The summed E-state index contributed by atoms with van der Waals surface area (Å²) < 4.78 is 47.1. The molecule has 1 saturated heterocycles. The SMILES string of the molecule is CCNC(=NCc1ccccc1OC(F)(F)F)NCC(C)(O)CN1CCOCC1. The number of aliphatic hydroxyl groups is 1. The molecule has 10 heteroatoms. The van der Waals surface area contributed by atoms with Crippen molar-refractivity contribution in [2.24, 2.45) is 4.99 Å². The number of ether oxygens (including phenoxy) is 2. The first-order chi connectivity index (χ1) is 13.7. The lowest BCUT2D eigenvalue weighted by molar-refractivity contribution is -0.274.